The van der Waals surface area contributed by atoms with E-state index in [1.54, 1.807) is 12.2 Å². The molecule has 2 aliphatic rings. The second-order valence-corrected chi connectivity index (χ2v) is 9.37. The van der Waals surface area contributed by atoms with E-state index in [0.29, 0.717) is 11.4 Å². The van der Waals surface area contributed by atoms with Crippen LogP contribution < -0.4 is 14.7 Å². The number of para-hydroxylation sites is 1. The molecule has 2 amide bonds. The topological polar surface area (TPSA) is 59.1 Å². The molecule has 6 nitrogen and oxygen atoms in total. The van der Waals surface area contributed by atoms with Crippen LogP contribution in [0.3, 0.4) is 0 Å². The number of amides is 2. The van der Waals surface area contributed by atoms with Crippen molar-refractivity contribution in [2.45, 2.75) is 24.5 Å². The van der Waals surface area contributed by atoms with Crippen LogP contribution in [0.2, 0.25) is 0 Å². The Morgan fingerprint density at radius 2 is 1.38 bits per heavy atom. The average molecular weight is 491 g/mol. The maximum Gasteiger partial charge on any atom is 0.267 e. The molecule has 0 aliphatic carbocycles. The number of rotatable bonds is 5. The molecule has 0 radical (unpaired) electrons. The monoisotopic (exact) mass is 490 g/mol. The van der Waals surface area contributed by atoms with E-state index >= 15 is 0 Å². The second kappa shape index (κ2) is 8.91. The van der Waals surface area contributed by atoms with Crippen molar-refractivity contribution in [3.8, 4) is 5.75 Å². The van der Waals surface area contributed by atoms with Gasteiger partial charge < -0.3 is 4.74 Å². The third-order valence-corrected chi connectivity index (χ3v) is 7.29. The molecule has 2 saturated heterocycles. The highest BCUT2D eigenvalue weighted by atomic mass is 16.7. The van der Waals surface area contributed by atoms with E-state index in [0.717, 1.165) is 22.4 Å². The first-order valence-electron chi connectivity index (χ1n) is 12.2. The molecule has 184 valence electrons. The van der Waals surface area contributed by atoms with Gasteiger partial charge in [0.15, 0.2) is 6.10 Å². The number of carbonyl (C=O) groups is 2. The quantitative estimate of drug-likeness (QED) is 0.352. The van der Waals surface area contributed by atoms with Gasteiger partial charge in [-0.05, 0) is 54.4 Å². The fraction of sp³-hybridized carbons (Fsp3) is 0.161. The largest absolute Gasteiger partial charge is 0.497 e. The first kappa shape index (κ1) is 23.0. The van der Waals surface area contributed by atoms with Crippen LogP contribution in [0.4, 0.5) is 11.4 Å². The maximum absolute atomic E-state index is 14.7. The van der Waals surface area contributed by atoms with Gasteiger partial charge in [0.2, 0.25) is 5.91 Å². The number of imide groups is 1. The summed E-state index contributed by atoms with van der Waals surface area (Å²) in [5, 5.41) is 1.72. The Kier molecular flexibility index (Phi) is 5.54. The van der Waals surface area contributed by atoms with Crippen LogP contribution >= 0.6 is 0 Å². The van der Waals surface area contributed by atoms with Gasteiger partial charge in [0.05, 0.1) is 18.5 Å². The van der Waals surface area contributed by atoms with Crippen molar-refractivity contribution < 1.29 is 19.2 Å². The number of hydrogen-bond donors (Lipinski definition) is 0. The Balaban J connectivity index is 1.60. The summed E-state index contributed by atoms with van der Waals surface area (Å²) >= 11 is 0. The highest BCUT2D eigenvalue weighted by molar-refractivity contribution is 6.28. The van der Waals surface area contributed by atoms with Crippen molar-refractivity contribution in [1.82, 2.24) is 0 Å². The van der Waals surface area contributed by atoms with Gasteiger partial charge in [-0.25, -0.2) is 9.96 Å². The van der Waals surface area contributed by atoms with E-state index in [-0.39, 0.29) is 11.8 Å². The third kappa shape index (κ3) is 3.44. The summed E-state index contributed by atoms with van der Waals surface area (Å²) in [6.45, 7) is 1.97. The lowest BCUT2D eigenvalue weighted by Crippen LogP contribution is -2.46. The van der Waals surface area contributed by atoms with Gasteiger partial charge in [0, 0.05) is 0 Å². The first-order chi connectivity index (χ1) is 18.1. The van der Waals surface area contributed by atoms with Crippen LogP contribution in [0.15, 0.2) is 109 Å². The first-order valence-corrected chi connectivity index (χ1v) is 12.2. The minimum atomic E-state index is -1.31. The van der Waals surface area contributed by atoms with E-state index in [4.69, 9.17) is 9.57 Å². The number of benzene rings is 4. The molecule has 0 unspecified atom stereocenters. The molecular formula is C31H26N2O4. The van der Waals surface area contributed by atoms with Crippen molar-refractivity contribution >= 4 is 23.2 Å². The molecule has 4 aromatic carbocycles. The lowest BCUT2D eigenvalue weighted by Gasteiger charge is -2.35. The Morgan fingerprint density at radius 3 is 2.00 bits per heavy atom. The molecule has 0 saturated carbocycles. The number of methoxy groups -OCH3 is 1. The summed E-state index contributed by atoms with van der Waals surface area (Å²) in [5.41, 5.74) is 2.59. The fourth-order valence-electron chi connectivity index (χ4n) is 5.51. The predicted octanol–water partition coefficient (Wildman–Crippen LogP) is 5.38. The van der Waals surface area contributed by atoms with E-state index in [1.807, 2.05) is 116 Å². The Labute approximate surface area is 215 Å². The fourth-order valence-corrected chi connectivity index (χ4v) is 5.51. The van der Waals surface area contributed by atoms with Gasteiger partial charge in [-0.3, -0.25) is 14.4 Å². The molecule has 0 aromatic heterocycles. The van der Waals surface area contributed by atoms with E-state index in [1.165, 1.54) is 4.90 Å². The standard InChI is InChI=1S/C31H26N2O4/c1-21-13-17-24(18-14-21)32-29(34)28-31(30(32)35,23-9-5-3-6-10-23)27(22-15-19-26(36-2)20-16-22)33(37-28)25-11-7-4-8-12-25/h3-20,27-28H,1-2H3/t27-,28+,31+/m0/s1. The lowest BCUT2D eigenvalue weighted by molar-refractivity contribution is -0.126. The predicted molar refractivity (Wildman–Crippen MR) is 141 cm³/mol. The SMILES string of the molecule is COc1ccc([C@@H]2N(c3ccccc3)O[C@@H]3C(=O)N(c4ccc(C)cc4)C(=O)[C@@]32c2ccccc2)cc1. The summed E-state index contributed by atoms with van der Waals surface area (Å²) in [7, 11) is 1.62. The van der Waals surface area contributed by atoms with Crippen molar-refractivity contribution in [2.75, 3.05) is 17.1 Å². The van der Waals surface area contributed by atoms with Gasteiger partial charge in [-0.2, -0.15) is 0 Å². The number of carbonyl (C=O) groups excluding carboxylic acids is 2. The Bertz CT molecular complexity index is 1440. The highest BCUT2D eigenvalue weighted by Gasteiger charge is 2.72. The van der Waals surface area contributed by atoms with Crippen molar-refractivity contribution in [3.05, 3.63) is 126 Å². The third-order valence-electron chi connectivity index (χ3n) is 7.29. The molecule has 4 aromatic rings. The van der Waals surface area contributed by atoms with Gasteiger partial charge in [0.1, 0.15) is 17.2 Å². The Hall–Kier alpha value is -4.42. The summed E-state index contributed by atoms with van der Waals surface area (Å²) in [4.78, 5) is 36.5. The second-order valence-electron chi connectivity index (χ2n) is 9.37. The molecule has 3 atom stereocenters. The molecule has 37 heavy (non-hydrogen) atoms. The molecule has 2 fully saturated rings. The van der Waals surface area contributed by atoms with Crippen molar-refractivity contribution in [1.29, 1.82) is 0 Å². The number of hydroxylamine groups is 1. The van der Waals surface area contributed by atoms with Crippen LogP contribution in [0.1, 0.15) is 22.7 Å². The zero-order valence-electron chi connectivity index (χ0n) is 20.6. The molecule has 2 heterocycles. The molecule has 2 aliphatic heterocycles. The summed E-state index contributed by atoms with van der Waals surface area (Å²) < 4.78 is 5.39. The molecule has 6 heteroatoms. The summed E-state index contributed by atoms with van der Waals surface area (Å²) in [5.74, 6) is 0.0146. The molecule has 0 bridgehead atoms. The zero-order chi connectivity index (χ0) is 25.6. The van der Waals surface area contributed by atoms with E-state index in [9.17, 15) is 9.59 Å². The highest BCUT2D eigenvalue weighted by Crippen LogP contribution is 2.57. The van der Waals surface area contributed by atoms with Crippen LogP contribution in [0, 0.1) is 6.92 Å². The number of ether oxygens (including phenoxy) is 1. The minimum Gasteiger partial charge on any atom is -0.497 e. The minimum absolute atomic E-state index is 0.309. The van der Waals surface area contributed by atoms with Crippen LogP contribution in [-0.2, 0) is 19.8 Å². The molecular weight excluding hydrogens is 464 g/mol. The number of anilines is 2. The van der Waals surface area contributed by atoms with Crippen LogP contribution in [0.25, 0.3) is 0 Å². The van der Waals surface area contributed by atoms with Crippen LogP contribution in [0.5, 0.6) is 5.75 Å². The number of fused-ring (bicyclic) bond motifs is 1. The molecule has 6 rings (SSSR count). The maximum atomic E-state index is 14.7. The van der Waals surface area contributed by atoms with Crippen molar-refractivity contribution in [3.63, 3.8) is 0 Å². The average Bonchev–Trinajstić information content (AvgIpc) is 3.41. The molecule has 0 N–H and O–H groups in total. The number of aryl methyl sites for hydroxylation is 1. The van der Waals surface area contributed by atoms with Gasteiger partial charge in [0.25, 0.3) is 5.91 Å². The van der Waals surface area contributed by atoms with Gasteiger partial charge in [-0.15, -0.1) is 0 Å². The summed E-state index contributed by atoms with van der Waals surface area (Å²) in [6, 6.07) is 33.5. The lowest BCUT2D eigenvalue weighted by atomic mass is 9.69. The Morgan fingerprint density at radius 1 is 0.757 bits per heavy atom. The number of hydrogen-bond acceptors (Lipinski definition) is 5. The van der Waals surface area contributed by atoms with E-state index in [2.05, 4.69) is 0 Å². The van der Waals surface area contributed by atoms with E-state index < -0.39 is 17.6 Å². The smallest absolute Gasteiger partial charge is 0.267 e. The van der Waals surface area contributed by atoms with Gasteiger partial charge in [-0.1, -0.05) is 78.4 Å². The van der Waals surface area contributed by atoms with Crippen LogP contribution in [-0.4, -0.2) is 25.0 Å². The normalized spacial score (nSPS) is 22.9. The number of nitrogens with zero attached hydrogens (tertiary/aromatic N) is 2. The summed E-state index contributed by atoms with van der Waals surface area (Å²) in [6.07, 6.45) is -1.05. The zero-order valence-corrected chi connectivity index (χ0v) is 20.6. The molecule has 0 spiro atoms. The van der Waals surface area contributed by atoms with Crippen molar-refractivity contribution in [2.24, 2.45) is 0 Å². The van der Waals surface area contributed by atoms with Gasteiger partial charge >= 0.3 is 0 Å².